The molecule has 88 valence electrons. The van der Waals surface area contributed by atoms with Crippen molar-refractivity contribution in [1.82, 2.24) is 0 Å². The third-order valence-electron chi connectivity index (χ3n) is 2.18. The van der Waals surface area contributed by atoms with Crippen LogP contribution in [-0.4, -0.2) is 23.7 Å². The fraction of sp³-hybridized carbons (Fsp3) is 0.333. The van der Waals surface area contributed by atoms with Gasteiger partial charge in [0, 0.05) is 18.2 Å². The quantitative estimate of drug-likeness (QED) is 0.500. The molecule has 1 atom stereocenters. The zero-order valence-electron chi connectivity index (χ0n) is 8.71. The van der Waals surface area contributed by atoms with Crippen molar-refractivity contribution in [3.05, 3.63) is 27.8 Å². The highest BCUT2D eigenvalue weighted by Crippen LogP contribution is 2.36. The molecule has 0 aliphatic carbocycles. The van der Waals surface area contributed by atoms with Crippen LogP contribution < -0.4 is 16.2 Å². The first kappa shape index (κ1) is 12.2. The van der Waals surface area contributed by atoms with Gasteiger partial charge in [-0.2, -0.15) is 0 Å². The number of nitro benzene ring substituents is 1. The van der Waals surface area contributed by atoms with E-state index in [1.165, 1.54) is 13.2 Å². The number of benzene rings is 1. The molecule has 0 spiro atoms. The van der Waals surface area contributed by atoms with Gasteiger partial charge in [-0.1, -0.05) is 0 Å². The van der Waals surface area contributed by atoms with Crippen molar-refractivity contribution < 1.29 is 14.8 Å². The van der Waals surface area contributed by atoms with E-state index in [4.69, 9.17) is 16.2 Å². The van der Waals surface area contributed by atoms with Gasteiger partial charge in [0.05, 0.1) is 18.1 Å². The molecule has 0 aromatic heterocycles. The Balaban J connectivity index is 3.37. The summed E-state index contributed by atoms with van der Waals surface area (Å²) in [6.45, 7) is 0.0673. The number of nitrogens with two attached hydrogens (primary N) is 2. The highest BCUT2D eigenvalue weighted by Gasteiger charge is 2.22. The SMILES string of the molecule is COc1cc([C@@H](N)CN)c(O)c([N+](=O)[O-])c1. The van der Waals surface area contributed by atoms with E-state index in [1.807, 2.05) is 0 Å². The molecule has 0 unspecified atom stereocenters. The molecule has 7 heteroatoms. The molecule has 0 aliphatic rings. The zero-order chi connectivity index (χ0) is 12.3. The van der Waals surface area contributed by atoms with Crippen molar-refractivity contribution in [2.24, 2.45) is 11.5 Å². The number of aromatic hydroxyl groups is 1. The summed E-state index contributed by atoms with van der Waals surface area (Å²) in [6.07, 6.45) is 0. The van der Waals surface area contributed by atoms with E-state index in [0.717, 1.165) is 6.07 Å². The van der Waals surface area contributed by atoms with Gasteiger partial charge in [0.1, 0.15) is 5.75 Å². The lowest BCUT2D eigenvalue weighted by Gasteiger charge is -2.12. The maximum Gasteiger partial charge on any atom is 0.314 e. The maximum atomic E-state index is 10.7. The van der Waals surface area contributed by atoms with Gasteiger partial charge < -0.3 is 21.3 Å². The van der Waals surface area contributed by atoms with E-state index < -0.39 is 22.4 Å². The fourth-order valence-electron chi connectivity index (χ4n) is 1.28. The van der Waals surface area contributed by atoms with Crippen molar-refractivity contribution >= 4 is 5.69 Å². The van der Waals surface area contributed by atoms with E-state index >= 15 is 0 Å². The number of phenols is 1. The number of hydrogen-bond donors (Lipinski definition) is 3. The van der Waals surface area contributed by atoms with Crippen molar-refractivity contribution in [2.45, 2.75) is 6.04 Å². The maximum absolute atomic E-state index is 10.7. The monoisotopic (exact) mass is 227 g/mol. The van der Waals surface area contributed by atoms with E-state index in [2.05, 4.69) is 0 Å². The predicted octanol–water partition coefficient (Wildman–Crippen LogP) is 0.268. The van der Waals surface area contributed by atoms with Crippen LogP contribution in [0, 0.1) is 10.1 Å². The molecule has 0 radical (unpaired) electrons. The highest BCUT2D eigenvalue weighted by molar-refractivity contribution is 5.56. The molecule has 0 aliphatic heterocycles. The van der Waals surface area contributed by atoms with Crippen LogP contribution >= 0.6 is 0 Å². The van der Waals surface area contributed by atoms with Crippen LogP contribution in [0.2, 0.25) is 0 Å². The molecule has 0 fully saturated rings. The molecule has 0 amide bonds. The Bertz CT molecular complexity index is 408. The number of ether oxygens (including phenoxy) is 1. The highest BCUT2D eigenvalue weighted by atomic mass is 16.6. The summed E-state index contributed by atoms with van der Waals surface area (Å²) < 4.78 is 4.88. The van der Waals surface area contributed by atoms with Gasteiger partial charge in [-0.25, -0.2) is 0 Å². The Labute approximate surface area is 91.8 Å². The fourth-order valence-corrected chi connectivity index (χ4v) is 1.28. The first-order valence-electron chi connectivity index (χ1n) is 4.52. The smallest absolute Gasteiger partial charge is 0.314 e. The zero-order valence-corrected chi connectivity index (χ0v) is 8.71. The molecular weight excluding hydrogens is 214 g/mol. The van der Waals surface area contributed by atoms with E-state index in [9.17, 15) is 15.2 Å². The topological polar surface area (TPSA) is 125 Å². The Hall–Kier alpha value is -1.86. The molecule has 0 bridgehead atoms. The van der Waals surface area contributed by atoms with Crippen LogP contribution in [0.1, 0.15) is 11.6 Å². The lowest BCUT2D eigenvalue weighted by Crippen LogP contribution is -2.21. The van der Waals surface area contributed by atoms with Gasteiger partial charge in [-0.05, 0) is 6.07 Å². The molecule has 0 saturated carbocycles. The van der Waals surface area contributed by atoms with Crippen LogP contribution in [0.3, 0.4) is 0 Å². The molecular formula is C9H13N3O4. The minimum atomic E-state index is -0.704. The second-order valence-corrected chi connectivity index (χ2v) is 3.18. The molecule has 0 saturated heterocycles. The number of hydrogen-bond acceptors (Lipinski definition) is 6. The first-order chi connectivity index (χ1) is 7.51. The molecule has 16 heavy (non-hydrogen) atoms. The normalized spacial score (nSPS) is 12.2. The molecule has 7 nitrogen and oxygen atoms in total. The first-order valence-corrected chi connectivity index (χ1v) is 4.52. The second kappa shape index (κ2) is 4.77. The van der Waals surface area contributed by atoms with Gasteiger partial charge in [0.15, 0.2) is 5.75 Å². The predicted molar refractivity (Wildman–Crippen MR) is 57.3 cm³/mol. The minimum Gasteiger partial charge on any atom is -0.502 e. The lowest BCUT2D eigenvalue weighted by molar-refractivity contribution is -0.386. The van der Waals surface area contributed by atoms with Crippen LogP contribution in [0.4, 0.5) is 5.69 Å². The average molecular weight is 227 g/mol. The summed E-state index contributed by atoms with van der Waals surface area (Å²) >= 11 is 0. The van der Waals surface area contributed by atoms with E-state index in [-0.39, 0.29) is 17.9 Å². The average Bonchev–Trinajstić information content (AvgIpc) is 2.28. The summed E-state index contributed by atoms with van der Waals surface area (Å²) in [5.74, 6) is -0.216. The molecule has 1 aromatic rings. The summed E-state index contributed by atoms with van der Waals surface area (Å²) in [7, 11) is 1.37. The third kappa shape index (κ3) is 2.20. The lowest BCUT2D eigenvalue weighted by atomic mass is 10.0. The largest absolute Gasteiger partial charge is 0.502 e. The van der Waals surface area contributed by atoms with E-state index in [1.54, 1.807) is 0 Å². The number of methoxy groups -OCH3 is 1. The Morgan fingerprint density at radius 2 is 2.25 bits per heavy atom. The number of nitrogens with zero attached hydrogens (tertiary/aromatic N) is 1. The Morgan fingerprint density at radius 3 is 2.69 bits per heavy atom. The summed E-state index contributed by atoms with van der Waals surface area (Å²) in [6, 6.07) is 1.89. The van der Waals surface area contributed by atoms with Crippen LogP contribution in [0.25, 0.3) is 0 Å². The standard InChI is InChI=1S/C9H13N3O4/c1-16-5-2-6(7(11)4-10)9(13)8(3-5)12(14)15/h2-3,7,13H,4,10-11H2,1H3/t7-/m0/s1. The minimum absolute atomic E-state index is 0.0673. The molecule has 5 N–H and O–H groups in total. The number of phenolic OH excluding ortho intramolecular Hbond substituents is 1. The van der Waals surface area contributed by atoms with Gasteiger partial charge in [0.25, 0.3) is 0 Å². The van der Waals surface area contributed by atoms with Crippen LogP contribution in [0.5, 0.6) is 11.5 Å². The van der Waals surface area contributed by atoms with Gasteiger partial charge in [-0.15, -0.1) is 0 Å². The van der Waals surface area contributed by atoms with Gasteiger partial charge >= 0.3 is 5.69 Å². The van der Waals surface area contributed by atoms with E-state index in [0.29, 0.717) is 0 Å². The van der Waals surface area contributed by atoms with Crippen LogP contribution in [-0.2, 0) is 0 Å². The number of nitro groups is 1. The molecule has 1 aromatic carbocycles. The van der Waals surface area contributed by atoms with Crippen molar-refractivity contribution in [2.75, 3.05) is 13.7 Å². The van der Waals surface area contributed by atoms with Gasteiger partial charge in [-0.3, -0.25) is 10.1 Å². The van der Waals surface area contributed by atoms with Crippen molar-refractivity contribution in [1.29, 1.82) is 0 Å². The number of rotatable bonds is 4. The summed E-state index contributed by atoms with van der Waals surface area (Å²) in [4.78, 5) is 9.97. The van der Waals surface area contributed by atoms with Gasteiger partial charge in [0.2, 0.25) is 0 Å². The second-order valence-electron chi connectivity index (χ2n) is 3.18. The Morgan fingerprint density at radius 1 is 1.62 bits per heavy atom. The summed E-state index contributed by atoms with van der Waals surface area (Å²) in [5.41, 5.74) is 10.7. The van der Waals surface area contributed by atoms with Crippen molar-refractivity contribution in [3.8, 4) is 11.5 Å². The third-order valence-corrected chi connectivity index (χ3v) is 2.18. The van der Waals surface area contributed by atoms with Crippen molar-refractivity contribution in [3.63, 3.8) is 0 Å². The summed E-state index contributed by atoms with van der Waals surface area (Å²) in [5, 5.41) is 20.3. The molecule has 0 heterocycles. The molecule has 1 rings (SSSR count). The van der Waals surface area contributed by atoms with Crippen LogP contribution in [0.15, 0.2) is 12.1 Å². The Kier molecular flexibility index (Phi) is 3.64.